The van der Waals surface area contributed by atoms with Gasteiger partial charge in [-0.25, -0.2) is 0 Å². The first-order valence-corrected chi connectivity index (χ1v) is 6.82. The van der Waals surface area contributed by atoms with E-state index in [9.17, 15) is 0 Å². The standard InChI is InChI=1S/C16H21N3O/c1-11(2)13-6-4-12(5-7-13)10-14(17)15-8-9-16(20-3)19-18-15/h4-9,11,14H,10,17H2,1-3H3. The molecule has 2 rings (SSSR count). The molecule has 1 unspecified atom stereocenters. The minimum Gasteiger partial charge on any atom is -0.480 e. The Balaban J connectivity index is 2.04. The molecule has 1 aromatic carbocycles. The van der Waals surface area contributed by atoms with Crippen molar-refractivity contribution in [3.05, 3.63) is 53.2 Å². The molecule has 4 heteroatoms. The number of hydrogen-bond donors (Lipinski definition) is 1. The van der Waals surface area contributed by atoms with Gasteiger partial charge in [0.15, 0.2) is 0 Å². The molecule has 0 bridgehead atoms. The van der Waals surface area contributed by atoms with Crippen LogP contribution in [0, 0.1) is 0 Å². The Labute approximate surface area is 120 Å². The van der Waals surface area contributed by atoms with Crippen LogP contribution >= 0.6 is 0 Å². The Hall–Kier alpha value is -1.94. The predicted molar refractivity (Wildman–Crippen MR) is 79.7 cm³/mol. The van der Waals surface area contributed by atoms with E-state index in [1.54, 1.807) is 13.2 Å². The largest absolute Gasteiger partial charge is 0.480 e. The van der Waals surface area contributed by atoms with Gasteiger partial charge >= 0.3 is 0 Å². The number of nitrogens with two attached hydrogens (primary N) is 1. The van der Waals surface area contributed by atoms with E-state index in [1.165, 1.54) is 11.1 Å². The lowest BCUT2D eigenvalue weighted by Gasteiger charge is -2.12. The van der Waals surface area contributed by atoms with Crippen LogP contribution < -0.4 is 10.5 Å². The fraction of sp³-hybridized carbons (Fsp3) is 0.375. The van der Waals surface area contributed by atoms with Crippen LogP contribution in [0.2, 0.25) is 0 Å². The Morgan fingerprint density at radius 3 is 2.25 bits per heavy atom. The Bertz CT molecular complexity index is 535. The van der Waals surface area contributed by atoms with Crippen molar-refractivity contribution in [3.63, 3.8) is 0 Å². The maximum atomic E-state index is 6.17. The third kappa shape index (κ3) is 3.54. The summed E-state index contributed by atoms with van der Waals surface area (Å²) >= 11 is 0. The zero-order valence-electron chi connectivity index (χ0n) is 12.2. The molecule has 2 N–H and O–H groups in total. The molecule has 0 amide bonds. The number of rotatable bonds is 5. The summed E-state index contributed by atoms with van der Waals surface area (Å²) in [6, 6.07) is 12.1. The van der Waals surface area contributed by atoms with Gasteiger partial charge in [0.2, 0.25) is 5.88 Å². The first-order valence-electron chi connectivity index (χ1n) is 6.82. The van der Waals surface area contributed by atoms with Gasteiger partial charge < -0.3 is 10.5 Å². The van der Waals surface area contributed by atoms with Crippen LogP contribution in [-0.4, -0.2) is 17.3 Å². The van der Waals surface area contributed by atoms with Crippen LogP contribution in [0.25, 0.3) is 0 Å². The summed E-state index contributed by atoms with van der Waals surface area (Å²) in [5, 5.41) is 8.04. The summed E-state index contributed by atoms with van der Waals surface area (Å²) in [7, 11) is 1.57. The smallest absolute Gasteiger partial charge is 0.233 e. The van der Waals surface area contributed by atoms with Gasteiger partial charge in [0, 0.05) is 6.07 Å². The molecule has 0 saturated carbocycles. The molecular weight excluding hydrogens is 250 g/mol. The van der Waals surface area contributed by atoms with Gasteiger partial charge in [-0.3, -0.25) is 0 Å². The molecule has 1 atom stereocenters. The zero-order chi connectivity index (χ0) is 14.5. The average Bonchev–Trinajstić information content (AvgIpc) is 2.48. The van der Waals surface area contributed by atoms with Gasteiger partial charge in [-0.1, -0.05) is 38.1 Å². The molecule has 1 aromatic heterocycles. The third-order valence-electron chi connectivity index (χ3n) is 3.35. The lowest BCUT2D eigenvalue weighted by Crippen LogP contribution is -2.15. The molecule has 0 saturated heterocycles. The van der Waals surface area contributed by atoms with Crippen molar-refractivity contribution in [1.82, 2.24) is 10.2 Å². The molecule has 20 heavy (non-hydrogen) atoms. The highest BCUT2D eigenvalue weighted by Gasteiger charge is 2.10. The van der Waals surface area contributed by atoms with Crippen LogP contribution in [0.15, 0.2) is 36.4 Å². The van der Waals surface area contributed by atoms with Gasteiger partial charge in [-0.05, 0) is 29.5 Å². The summed E-state index contributed by atoms with van der Waals surface area (Å²) in [5.41, 5.74) is 9.50. The summed E-state index contributed by atoms with van der Waals surface area (Å²) in [6.45, 7) is 4.38. The van der Waals surface area contributed by atoms with Crippen molar-refractivity contribution in [3.8, 4) is 5.88 Å². The van der Waals surface area contributed by atoms with E-state index in [4.69, 9.17) is 10.5 Å². The van der Waals surface area contributed by atoms with Gasteiger partial charge in [-0.15, -0.1) is 5.10 Å². The second-order valence-corrected chi connectivity index (χ2v) is 5.21. The molecule has 4 nitrogen and oxygen atoms in total. The van der Waals surface area contributed by atoms with Gasteiger partial charge in [0.25, 0.3) is 0 Å². The normalized spacial score (nSPS) is 12.4. The molecule has 2 aromatic rings. The summed E-state index contributed by atoms with van der Waals surface area (Å²) in [4.78, 5) is 0. The van der Waals surface area contributed by atoms with E-state index in [0.29, 0.717) is 11.8 Å². The fourth-order valence-electron chi connectivity index (χ4n) is 2.03. The number of nitrogens with zero attached hydrogens (tertiary/aromatic N) is 2. The Kier molecular flexibility index (Phi) is 4.69. The van der Waals surface area contributed by atoms with E-state index in [2.05, 4.69) is 48.3 Å². The Morgan fingerprint density at radius 2 is 1.75 bits per heavy atom. The van der Waals surface area contributed by atoms with E-state index >= 15 is 0 Å². The molecule has 0 aliphatic heterocycles. The Morgan fingerprint density at radius 1 is 1.05 bits per heavy atom. The molecule has 0 aliphatic carbocycles. The van der Waals surface area contributed by atoms with Gasteiger partial charge in [0.05, 0.1) is 18.8 Å². The van der Waals surface area contributed by atoms with Crippen LogP contribution in [0.4, 0.5) is 0 Å². The van der Waals surface area contributed by atoms with E-state index in [-0.39, 0.29) is 6.04 Å². The minimum atomic E-state index is -0.154. The highest BCUT2D eigenvalue weighted by atomic mass is 16.5. The number of ether oxygens (including phenoxy) is 1. The van der Waals surface area contributed by atoms with Gasteiger partial charge in [-0.2, -0.15) is 5.10 Å². The van der Waals surface area contributed by atoms with Crippen LogP contribution in [0.1, 0.15) is 42.6 Å². The predicted octanol–water partition coefficient (Wildman–Crippen LogP) is 2.85. The van der Waals surface area contributed by atoms with Crippen LogP contribution in [0.5, 0.6) is 5.88 Å². The average molecular weight is 271 g/mol. The van der Waals surface area contributed by atoms with Gasteiger partial charge in [0.1, 0.15) is 0 Å². The fourth-order valence-corrected chi connectivity index (χ4v) is 2.03. The quantitative estimate of drug-likeness (QED) is 0.908. The summed E-state index contributed by atoms with van der Waals surface area (Å²) < 4.78 is 4.99. The van der Waals surface area contributed by atoms with E-state index < -0.39 is 0 Å². The zero-order valence-corrected chi connectivity index (χ0v) is 12.2. The molecule has 0 radical (unpaired) electrons. The molecule has 106 valence electrons. The van der Waals surface area contributed by atoms with Crippen molar-refractivity contribution in [1.29, 1.82) is 0 Å². The van der Waals surface area contributed by atoms with Crippen molar-refractivity contribution < 1.29 is 4.74 Å². The highest BCUT2D eigenvalue weighted by molar-refractivity contribution is 5.26. The monoisotopic (exact) mass is 271 g/mol. The first-order chi connectivity index (χ1) is 9.60. The maximum absolute atomic E-state index is 6.17. The topological polar surface area (TPSA) is 61.0 Å². The third-order valence-corrected chi connectivity index (χ3v) is 3.35. The SMILES string of the molecule is COc1ccc(C(N)Cc2ccc(C(C)C)cc2)nn1. The molecule has 0 aliphatic rings. The van der Waals surface area contributed by atoms with Crippen molar-refractivity contribution in [2.75, 3.05) is 7.11 Å². The minimum absolute atomic E-state index is 0.154. The second kappa shape index (κ2) is 6.48. The molecule has 0 fully saturated rings. The first kappa shape index (κ1) is 14.5. The van der Waals surface area contributed by atoms with Crippen LogP contribution in [-0.2, 0) is 6.42 Å². The van der Waals surface area contributed by atoms with Crippen molar-refractivity contribution in [2.45, 2.75) is 32.2 Å². The lowest BCUT2D eigenvalue weighted by molar-refractivity contribution is 0.390. The molecule has 1 heterocycles. The highest BCUT2D eigenvalue weighted by Crippen LogP contribution is 2.18. The lowest BCUT2D eigenvalue weighted by atomic mass is 9.98. The van der Waals surface area contributed by atoms with Crippen molar-refractivity contribution in [2.24, 2.45) is 5.73 Å². The number of benzene rings is 1. The van der Waals surface area contributed by atoms with E-state index in [1.807, 2.05) is 6.07 Å². The number of hydrogen-bond acceptors (Lipinski definition) is 4. The van der Waals surface area contributed by atoms with Crippen molar-refractivity contribution >= 4 is 0 Å². The number of aromatic nitrogens is 2. The summed E-state index contributed by atoms with van der Waals surface area (Å²) in [5.74, 6) is 1.05. The molecular formula is C16H21N3O. The van der Waals surface area contributed by atoms with Crippen LogP contribution in [0.3, 0.4) is 0 Å². The maximum Gasteiger partial charge on any atom is 0.233 e. The summed E-state index contributed by atoms with van der Waals surface area (Å²) in [6.07, 6.45) is 0.749. The van der Waals surface area contributed by atoms with E-state index in [0.717, 1.165) is 12.1 Å². The number of methoxy groups -OCH3 is 1. The second-order valence-electron chi connectivity index (χ2n) is 5.21. The molecule has 0 spiro atoms.